The van der Waals surface area contributed by atoms with Crippen LogP contribution in [0.15, 0.2) is 60.7 Å². The maximum atomic E-state index is 5.85. The normalized spacial score (nSPS) is 10.8. The van der Waals surface area contributed by atoms with Crippen molar-refractivity contribution in [2.24, 2.45) is 0 Å². The van der Waals surface area contributed by atoms with Crippen LogP contribution >= 0.6 is 0 Å². The van der Waals surface area contributed by atoms with Crippen LogP contribution < -0.4 is 11.1 Å². The molecule has 3 rings (SSSR count). The Morgan fingerprint density at radius 1 is 0.885 bits per heavy atom. The fraction of sp³-hybridized carbons (Fsp3) is 0.261. The third kappa shape index (κ3) is 5.17. The summed E-state index contributed by atoms with van der Waals surface area (Å²) in [6.45, 7) is 6.09. The van der Waals surface area contributed by atoms with Crippen molar-refractivity contribution in [2.45, 2.75) is 33.2 Å². The lowest BCUT2D eigenvalue weighted by Gasteiger charge is -2.08. The molecule has 0 atom stereocenters. The lowest BCUT2D eigenvalue weighted by Crippen LogP contribution is -2.15. The Balaban J connectivity index is 1.47. The van der Waals surface area contributed by atoms with Crippen LogP contribution in [0, 0.1) is 13.8 Å². The van der Waals surface area contributed by atoms with Crippen molar-refractivity contribution < 1.29 is 0 Å². The second-order valence-corrected chi connectivity index (χ2v) is 6.92. The van der Waals surface area contributed by atoms with Crippen molar-refractivity contribution in [2.75, 3.05) is 12.3 Å². The monoisotopic (exact) mass is 345 g/mol. The van der Waals surface area contributed by atoms with E-state index in [1.807, 2.05) is 13.0 Å². The van der Waals surface area contributed by atoms with Gasteiger partial charge in [0.2, 0.25) is 0 Å². The van der Waals surface area contributed by atoms with Gasteiger partial charge in [-0.1, -0.05) is 54.1 Å². The molecule has 0 saturated carbocycles. The second kappa shape index (κ2) is 8.63. The second-order valence-electron chi connectivity index (χ2n) is 6.92. The van der Waals surface area contributed by atoms with E-state index in [-0.39, 0.29) is 0 Å². The number of hydrogen-bond donors (Lipinski definition) is 2. The molecule has 0 aliphatic carbocycles. The Morgan fingerprint density at radius 3 is 2.42 bits per heavy atom. The van der Waals surface area contributed by atoms with Gasteiger partial charge in [-0.05, 0) is 62.1 Å². The van der Waals surface area contributed by atoms with Crippen LogP contribution in [-0.2, 0) is 13.0 Å². The molecular weight excluding hydrogens is 318 g/mol. The Kier molecular flexibility index (Phi) is 6.03. The summed E-state index contributed by atoms with van der Waals surface area (Å²) in [5.41, 5.74) is 13.0. The van der Waals surface area contributed by atoms with Crippen molar-refractivity contribution in [3.8, 4) is 11.3 Å². The predicted molar refractivity (Wildman–Crippen MR) is 110 cm³/mol. The minimum absolute atomic E-state index is 0.569. The largest absolute Gasteiger partial charge is 0.384 e. The molecule has 134 valence electrons. The number of aryl methyl sites for hydroxylation is 3. The minimum Gasteiger partial charge on any atom is -0.384 e. The van der Waals surface area contributed by atoms with Gasteiger partial charge in [-0.3, -0.25) is 0 Å². The number of nitrogens with one attached hydrogen (secondary N) is 1. The summed E-state index contributed by atoms with van der Waals surface area (Å²) >= 11 is 0. The molecule has 3 heteroatoms. The molecule has 0 aliphatic rings. The van der Waals surface area contributed by atoms with E-state index in [0.717, 1.165) is 42.8 Å². The first-order chi connectivity index (χ1) is 12.6. The molecule has 26 heavy (non-hydrogen) atoms. The SMILES string of the molecule is Cc1cccc(CCCNCc2ccc(-c3cc(C)cc(N)n3)cc2)c1. The number of rotatable bonds is 7. The number of hydrogen-bond acceptors (Lipinski definition) is 3. The van der Waals surface area contributed by atoms with Gasteiger partial charge in [0.05, 0.1) is 5.69 Å². The maximum absolute atomic E-state index is 5.85. The molecule has 0 aliphatic heterocycles. The van der Waals surface area contributed by atoms with Gasteiger partial charge < -0.3 is 11.1 Å². The van der Waals surface area contributed by atoms with E-state index in [2.05, 4.69) is 71.8 Å². The van der Waals surface area contributed by atoms with Crippen molar-refractivity contribution in [3.63, 3.8) is 0 Å². The highest BCUT2D eigenvalue weighted by Gasteiger charge is 2.02. The highest BCUT2D eigenvalue weighted by atomic mass is 14.8. The zero-order chi connectivity index (χ0) is 18.4. The van der Waals surface area contributed by atoms with E-state index < -0.39 is 0 Å². The molecular formula is C23H27N3. The van der Waals surface area contributed by atoms with E-state index >= 15 is 0 Å². The number of nitrogens with two attached hydrogens (primary N) is 1. The summed E-state index contributed by atoms with van der Waals surface area (Å²) in [7, 11) is 0. The first kappa shape index (κ1) is 18.2. The van der Waals surface area contributed by atoms with Crippen molar-refractivity contribution in [3.05, 3.63) is 82.9 Å². The summed E-state index contributed by atoms with van der Waals surface area (Å²) < 4.78 is 0. The minimum atomic E-state index is 0.569. The smallest absolute Gasteiger partial charge is 0.124 e. The zero-order valence-electron chi connectivity index (χ0n) is 15.6. The topological polar surface area (TPSA) is 50.9 Å². The van der Waals surface area contributed by atoms with Gasteiger partial charge in [-0.15, -0.1) is 0 Å². The zero-order valence-corrected chi connectivity index (χ0v) is 15.6. The van der Waals surface area contributed by atoms with E-state index in [1.54, 1.807) is 0 Å². The van der Waals surface area contributed by atoms with E-state index in [1.165, 1.54) is 16.7 Å². The van der Waals surface area contributed by atoms with E-state index in [0.29, 0.717) is 5.82 Å². The standard InChI is InChI=1S/C23H27N3/c1-17-5-3-6-19(13-17)7-4-12-25-16-20-8-10-21(11-9-20)22-14-18(2)15-23(24)26-22/h3,5-6,8-11,13-15,25H,4,7,12,16H2,1-2H3,(H2,24,26). The van der Waals surface area contributed by atoms with Gasteiger partial charge in [-0.25, -0.2) is 4.98 Å². The maximum Gasteiger partial charge on any atom is 0.124 e. The van der Waals surface area contributed by atoms with E-state index in [9.17, 15) is 0 Å². The number of benzene rings is 2. The third-order valence-corrected chi connectivity index (χ3v) is 4.47. The fourth-order valence-corrected chi connectivity index (χ4v) is 3.15. The summed E-state index contributed by atoms with van der Waals surface area (Å²) in [4.78, 5) is 4.42. The molecule has 1 aromatic heterocycles. The van der Waals surface area contributed by atoms with Gasteiger partial charge >= 0.3 is 0 Å². The molecule has 3 aromatic rings. The molecule has 1 heterocycles. The van der Waals surface area contributed by atoms with E-state index in [4.69, 9.17) is 5.73 Å². The van der Waals surface area contributed by atoms with Crippen molar-refractivity contribution in [1.82, 2.24) is 10.3 Å². The third-order valence-electron chi connectivity index (χ3n) is 4.47. The van der Waals surface area contributed by atoms with Gasteiger partial charge in [-0.2, -0.15) is 0 Å². The van der Waals surface area contributed by atoms with Gasteiger partial charge in [0.15, 0.2) is 0 Å². The average molecular weight is 345 g/mol. The molecule has 0 fully saturated rings. The number of nitrogen functional groups attached to an aromatic ring is 1. The molecule has 0 unspecified atom stereocenters. The average Bonchev–Trinajstić information content (AvgIpc) is 2.61. The fourth-order valence-electron chi connectivity index (χ4n) is 3.15. The quantitative estimate of drug-likeness (QED) is 0.612. The van der Waals surface area contributed by atoms with Gasteiger partial charge in [0.25, 0.3) is 0 Å². The van der Waals surface area contributed by atoms with Crippen LogP contribution in [0.4, 0.5) is 5.82 Å². The lowest BCUT2D eigenvalue weighted by molar-refractivity contribution is 0.649. The van der Waals surface area contributed by atoms with Crippen LogP contribution in [0.25, 0.3) is 11.3 Å². The molecule has 0 saturated heterocycles. The van der Waals surface area contributed by atoms with Gasteiger partial charge in [0.1, 0.15) is 5.82 Å². The lowest BCUT2D eigenvalue weighted by atomic mass is 10.1. The van der Waals surface area contributed by atoms with Crippen LogP contribution in [-0.4, -0.2) is 11.5 Å². The molecule has 0 amide bonds. The molecule has 0 spiro atoms. The highest BCUT2D eigenvalue weighted by molar-refractivity contribution is 5.62. The Labute approximate surface area is 156 Å². The Bertz CT molecular complexity index is 833. The Hall–Kier alpha value is -2.65. The number of pyridine rings is 1. The van der Waals surface area contributed by atoms with Crippen molar-refractivity contribution in [1.29, 1.82) is 0 Å². The van der Waals surface area contributed by atoms with Crippen LogP contribution in [0.1, 0.15) is 28.7 Å². The molecule has 2 aromatic carbocycles. The van der Waals surface area contributed by atoms with Crippen LogP contribution in [0.2, 0.25) is 0 Å². The molecule has 0 bridgehead atoms. The number of aromatic nitrogens is 1. The van der Waals surface area contributed by atoms with Crippen molar-refractivity contribution >= 4 is 5.82 Å². The molecule has 3 nitrogen and oxygen atoms in total. The first-order valence-electron chi connectivity index (χ1n) is 9.20. The van der Waals surface area contributed by atoms with Crippen LogP contribution in [0.3, 0.4) is 0 Å². The highest BCUT2D eigenvalue weighted by Crippen LogP contribution is 2.20. The number of nitrogens with zero attached hydrogens (tertiary/aromatic N) is 1. The molecule has 3 N–H and O–H groups in total. The predicted octanol–water partition coefficient (Wildman–Crippen LogP) is 4.67. The summed E-state index contributed by atoms with van der Waals surface area (Å²) in [6.07, 6.45) is 2.27. The summed E-state index contributed by atoms with van der Waals surface area (Å²) in [5, 5.41) is 3.53. The molecule has 0 radical (unpaired) electrons. The van der Waals surface area contributed by atoms with Crippen LogP contribution in [0.5, 0.6) is 0 Å². The van der Waals surface area contributed by atoms with Gasteiger partial charge in [0, 0.05) is 12.1 Å². The Morgan fingerprint density at radius 2 is 1.69 bits per heavy atom. The summed E-state index contributed by atoms with van der Waals surface area (Å²) in [5.74, 6) is 0.569. The number of anilines is 1. The first-order valence-corrected chi connectivity index (χ1v) is 9.20. The summed E-state index contributed by atoms with van der Waals surface area (Å²) in [6, 6.07) is 21.3.